The number of imidazole rings is 1. The minimum Gasteiger partial charge on any atom is -0.486 e. The third-order valence-corrected chi connectivity index (χ3v) is 3.92. The molecule has 0 bridgehead atoms. The van der Waals surface area contributed by atoms with Gasteiger partial charge in [0.1, 0.15) is 18.2 Å². The van der Waals surface area contributed by atoms with Crippen LogP contribution in [0.3, 0.4) is 0 Å². The maximum atomic E-state index is 9.12. The fourth-order valence-electron chi connectivity index (χ4n) is 2.59. The Labute approximate surface area is 140 Å². The molecule has 0 aliphatic carbocycles. The molecule has 4 nitrogen and oxygen atoms in total. The van der Waals surface area contributed by atoms with Crippen LogP contribution < -0.4 is 4.74 Å². The topological polar surface area (TPSA) is 47.3 Å². The number of aryl methyl sites for hydroxylation is 2. The van der Waals surface area contributed by atoms with Gasteiger partial charge in [0.2, 0.25) is 0 Å². The summed E-state index contributed by atoms with van der Waals surface area (Å²) in [5.41, 5.74) is 3.01. The molecule has 1 aromatic heterocycles. The van der Waals surface area contributed by atoms with E-state index in [4.69, 9.17) is 21.4 Å². The van der Waals surface area contributed by atoms with Crippen LogP contribution in [0.1, 0.15) is 17.8 Å². The van der Waals surface area contributed by atoms with Crippen molar-refractivity contribution in [1.29, 1.82) is 0 Å². The van der Waals surface area contributed by atoms with Crippen molar-refractivity contribution >= 4 is 22.6 Å². The van der Waals surface area contributed by atoms with Crippen molar-refractivity contribution in [3.8, 4) is 5.75 Å². The Balaban J connectivity index is 1.88. The number of ether oxygens (including phenoxy) is 1. The Kier molecular flexibility index (Phi) is 4.84. The summed E-state index contributed by atoms with van der Waals surface area (Å²) in [6.45, 7) is 3.25. The van der Waals surface area contributed by atoms with Crippen LogP contribution in [0.15, 0.2) is 42.5 Å². The summed E-state index contributed by atoms with van der Waals surface area (Å²) in [6, 6.07) is 13.6. The lowest BCUT2D eigenvalue weighted by Crippen LogP contribution is -2.08. The quantitative estimate of drug-likeness (QED) is 0.744. The first kappa shape index (κ1) is 15.8. The summed E-state index contributed by atoms with van der Waals surface area (Å²) in [6.07, 6.45) is 0.672. The lowest BCUT2D eigenvalue weighted by molar-refractivity contribution is 0.269. The second-order valence-electron chi connectivity index (χ2n) is 5.50. The summed E-state index contributed by atoms with van der Waals surface area (Å²) in [5, 5.41) is 9.79. The Morgan fingerprint density at radius 1 is 1.22 bits per heavy atom. The molecule has 0 spiro atoms. The molecule has 0 unspecified atom stereocenters. The van der Waals surface area contributed by atoms with Crippen molar-refractivity contribution < 1.29 is 9.84 Å². The number of benzene rings is 2. The van der Waals surface area contributed by atoms with Crippen LogP contribution in [0.2, 0.25) is 5.02 Å². The molecule has 120 valence electrons. The minimum atomic E-state index is 0.144. The number of rotatable bonds is 6. The summed E-state index contributed by atoms with van der Waals surface area (Å²) >= 11 is 6.05. The lowest BCUT2D eigenvalue weighted by atomic mass is 10.2. The Morgan fingerprint density at radius 2 is 2.09 bits per heavy atom. The summed E-state index contributed by atoms with van der Waals surface area (Å²) < 4.78 is 7.96. The smallest absolute Gasteiger partial charge is 0.148 e. The SMILES string of the molecule is Cc1cccc(OCc2nc3cc(Cl)ccc3n2CCCO)c1. The molecule has 3 aromatic rings. The summed E-state index contributed by atoms with van der Waals surface area (Å²) in [7, 11) is 0. The van der Waals surface area contributed by atoms with Gasteiger partial charge < -0.3 is 14.4 Å². The van der Waals surface area contributed by atoms with E-state index >= 15 is 0 Å². The predicted molar refractivity (Wildman–Crippen MR) is 92.0 cm³/mol. The van der Waals surface area contributed by atoms with Gasteiger partial charge in [-0.3, -0.25) is 0 Å². The number of halogens is 1. The molecule has 0 saturated carbocycles. The van der Waals surface area contributed by atoms with Gasteiger partial charge in [0, 0.05) is 18.2 Å². The van der Waals surface area contributed by atoms with Crippen molar-refractivity contribution in [2.75, 3.05) is 6.61 Å². The zero-order valence-electron chi connectivity index (χ0n) is 13.0. The van der Waals surface area contributed by atoms with Gasteiger partial charge in [0.05, 0.1) is 11.0 Å². The van der Waals surface area contributed by atoms with Gasteiger partial charge in [-0.25, -0.2) is 4.98 Å². The normalized spacial score (nSPS) is 11.1. The molecule has 0 aliphatic heterocycles. The zero-order chi connectivity index (χ0) is 16.2. The lowest BCUT2D eigenvalue weighted by Gasteiger charge is -2.10. The van der Waals surface area contributed by atoms with Crippen LogP contribution in [0.4, 0.5) is 0 Å². The minimum absolute atomic E-state index is 0.144. The van der Waals surface area contributed by atoms with Crippen LogP contribution in [-0.4, -0.2) is 21.3 Å². The van der Waals surface area contributed by atoms with Gasteiger partial charge in [-0.05, 0) is 49.2 Å². The molecule has 0 atom stereocenters. The summed E-state index contributed by atoms with van der Waals surface area (Å²) in [4.78, 5) is 4.64. The third-order valence-electron chi connectivity index (χ3n) is 3.69. The first-order chi connectivity index (χ1) is 11.2. The van der Waals surface area contributed by atoms with E-state index in [-0.39, 0.29) is 6.61 Å². The molecule has 2 aromatic carbocycles. The molecule has 0 saturated heterocycles. The van der Waals surface area contributed by atoms with Gasteiger partial charge in [-0.1, -0.05) is 23.7 Å². The Bertz CT molecular complexity index is 814. The second kappa shape index (κ2) is 7.02. The monoisotopic (exact) mass is 330 g/mol. The molecule has 1 N–H and O–H groups in total. The number of aliphatic hydroxyl groups excluding tert-OH is 1. The van der Waals surface area contributed by atoms with E-state index in [2.05, 4.69) is 9.55 Å². The van der Waals surface area contributed by atoms with Crippen LogP contribution >= 0.6 is 11.6 Å². The first-order valence-corrected chi connectivity index (χ1v) is 8.00. The van der Waals surface area contributed by atoms with E-state index in [0.29, 0.717) is 24.6 Å². The van der Waals surface area contributed by atoms with Crippen molar-refractivity contribution in [2.45, 2.75) is 26.5 Å². The number of aromatic nitrogens is 2. The van der Waals surface area contributed by atoms with E-state index < -0.39 is 0 Å². The summed E-state index contributed by atoms with van der Waals surface area (Å²) in [5.74, 6) is 1.65. The van der Waals surface area contributed by atoms with Crippen LogP contribution in [0, 0.1) is 6.92 Å². The Morgan fingerprint density at radius 3 is 2.87 bits per heavy atom. The highest BCUT2D eigenvalue weighted by Gasteiger charge is 2.11. The van der Waals surface area contributed by atoms with E-state index in [9.17, 15) is 0 Å². The van der Waals surface area contributed by atoms with Gasteiger partial charge in [-0.2, -0.15) is 0 Å². The van der Waals surface area contributed by atoms with Crippen molar-refractivity contribution in [3.05, 3.63) is 58.9 Å². The van der Waals surface area contributed by atoms with Gasteiger partial charge >= 0.3 is 0 Å². The van der Waals surface area contributed by atoms with E-state index in [1.54, 1.807) is 0 Å². The highest BCUT2D eigenvalue weighted by Crippen LogP contribution is 2.22. The largest absolute Gasteiger partial charge is 0.486 e. The van der Waals surface area contributed by atoms with Gasteiger partial charge in [0.25, 0.3) is 0 Å². The highest BCUT2D eigenvalue weighted by atomic mass is 35.5. The highest BCUT2D eigenvalue weighted by molar-refractivity contribution is 6.31. The molecular formula is C18H19ClN2O2. The number of aliphatic hydroxyl groups is 1. The number of hydrogen-bond donors (Lipinski definition) is 1. The molecule has 0 aliphatic rings. The number of nitrogens with zero attached hydrogens (tertiary/aromatic N) is 2. The van der Waals surface area contributed by atoms with Crippen molar-refractivity contribution in [2.24, 2.45) is 0 Å². The fraction of sp³-hybridized carbons (Fsp3) is 0.278. The number of fused-ring (bicyclic) bond motifs is 1. The van der Waals surface area contributed by atoms with Crippen molar-refractivity contribution in [1.82, 2.24) is 9.55 Å². The molecular weight excluding hydrogens is 312 g/mol. The zero-order valence-corrected chi connectivity index (χ0v) is 13.8. The van der Waals surface area contributed by atoms with Crippen LogP contribution in [0.25, 0.3) is 11.0 Å². The average molecular weight is 331 g/mol. The molecule has 23 heavy (non-hydrogen) atoms. The van der Waals surface area contributed by atoms with Crippen LogP contribution in [0.5, 0.6) is 5.75 Å². The second-order valence-corrected chi connectivity index (χ2v) is 5.93. The average Bonchev–Trinajstić information content (AvgIpc) is 2.87. The van der Waals surface area contributed by atoms with Gasteiger partial charge in [0.15, 0.2) is 0 Å². The van der Waals surface area contributed by atoms with E-state index in [1.165, 1.54) is 0 Å². The van der Waals surface area contributed by atoms with Crippen molar-refractivity contribution in [3.63, 3.8) is 0 Å². The molecule has 0 fully saturated rings. The predicted octanol–water partition coefficient (Wildman–Crippen LogP) is 3.96. The van der Waals surface area contributed by atoms with E-state index in [0.717, 1.165) is 28.2 Å². The number of hydrogen-bond acceptors (Lipinski definition) is 3. The van der Waals surface area contributed by atoms with Crippen LogP contribution in [-0.2, 0) is 13.2 Å². The molecule has 0 radical (unpaired) electrons. The fourth-order valence-corrected chi connectivity index (χ4v) is 2.76. The third kappa shape index (κ3) is 3.66. The molecule has 3 rings (SSSR count). The molecule has 5 heteroatoms. The maximum Gasteiger partial charge on any atom is 0.148 e. The molecule has 1 heterocycles. The molecule has 0 amide bonds. The van der Waals surface area contributed by atoms with E-state index in [1.807, 2.05) is 49.4 Å². The Hall–Kier alpha value is -2.04. The maximum absolute atomic E-state index is 9.12. The first-order valence-electron chi connectivity index (χ1n) is 7.62. The van der Waals surface area contributed by atoms with Gasteiger partial charge in [-0.15, -0.1) is 0 Å². The standard InChI is InChI=1S/C18H19ClN2O2/c1-13-4-2-5-15(10-13)23-12-18-20-16-11-14(19)6-7-17(16)21(18)8-3-9-22/h2,4-7,10-11,22H,3,8-9,12H2,1H3.